The topological polar surface area (TPSA) is 91.1 Å². The fourth-order valence-corrected chi connectivity index (χ4v) is 4.86. The molecular formula is C22H27N7O2. The van der Waals surface area contributed by atoms with E-state index in [9.17, 15) is 0 Å². The van der Waals surface area contributed by atoms with Crippen LogP contribution in [0.4, 0.5) is 5.95 Å². The van der Waals surface area contributed by atoms with Gasteiger partial charge in [0.1, 0.15) is 5.69 Å². The molecule has 0 unspecified atom stereocenters. The maximum Gasteiger partial charge on any atom is 0.228 e. The number of ether oxygens (including phenoxy) is 2. The highest BCUT2D eigenvalue weighted by Crippen LogP contribution is 2.43. The van der Waals surface area contributed by atoms with Crippen molar-refractivity contribution in [2.24, 2.45) is 11.8 Å². The molecule has 5 rings (SSSR count). The minimum atomic E-state index is 0.0907. The van der Waals surface area contributed by atoms with Gasteiger partial charge < -0.3 is 14.4 Å². The Morgan fingerprint density at radius 1 is 1.00 bits per heavy atom. The Hall–Kier alpha value is -3.07. The van der Waals surface area contributed by atoms with Crippen molar-refractivity contribution in [3.63, 3.8) is 0 Å². The van der Waals surface area contributed by atoms with Crippen LogP contribution in [0.1, 0.15) is 24.4 Å². The van der Waals surface area contributed by atoms with Crippen LogP contribution in [0.25, 0.3) is 11.4 Å². The summed E-state index contributed by atoms with van der Waals surface area (Å²) in [7, 11) is 3.41. The van der Waals surface area contributed by atoms with Gasteiger partial charge in [-0.25, -0.2) is 9.67 Å². The van der Waals surface area contributed by atoms with E-state index in [2.05, 4.69) is 30.2 Å². The lowest BCUT2D eigenvalue weighted by Crippen LogP contribution is -2.37. The van der Waals surface area contributed by atoms with Crippen LogP contribution in [0.15, 0.2) is 36.8 Å². The maximum absolute atomic E-state index is 5.90. The highest BCUT2D eigenvalue weighted by molar-refractivity contribution is 5.52. The molecule has 0 N–H and O–H groups in total. The Morgan fingerprint density at radius 2 is 1.84 bits per heavy atom. The molecule has 4 atom stereocenters. The zero-order valence-corrected chi connectivity index (χ0v) is 18.0. The molecule has 3 aromatic heterocycles. The number of rotatable bonds is 5. The summed E-state index contributed by atoms with van der Waals surface area (Å²) in [6.45, 7) is 3.88. The van der Waals surface area contributed by atoms with E-state index in [1.807, 2.05) is 36.1 Å². The normalized spacial score (nSPS) is 25.5. The van der Waals surface area contributed by atoms with Gasteiger partial charge in [-0.05, 0) is 43.2 Å². The molecule has 4 heterocycles. The summed E-state index contributed by atoms with van der Waals surface area (Å²) in [5, 5.41) is 8.82. The van der Waals surface area contributed by atoms with Gasteiger partial charge in [-0.1, -0.05) is 11.3 Å². The molecule has 162 valence electrons. The third-order valence-electron chi connectivity index (χ3n) is 6.52. The van der Waals surface area contributed by atoms with Crippen molar-refractivity contribution in [1.29, 1.82) is 0 Å². The SMILES string of the molecule is COc1ccnc(N2C[C@H]3C[C@@H](n4cc(-c5ccc(C)cn5)nn4)[C@H](OC)C[C@H]3C2)n1. The van der Waals surface area contributed by atoms with Gasteiger partial charge in [0.2, 0.25) is 11.8 Å². The van der Waals surface area contributed by atoms with Gasteiger partial charge in [0.25, 0.3) is 0 Å². The second-order valence-corrected chi connectivity index (χ2v) is 8.44. The standard InChI is InChI=1S/C22H27N7O2/c1-14-4-5-17(24-10-14)18-13-29(27-26-18)19-8-15-11-28(12-16(15)9-20(19)30-2)22-23-7-6-21(25-22)31-3/h4-7,10,13,15-16,19-20H,8-9,11-12H2,1-3H3/t15-,16+,19-,20-/m1/s1. The lowest BCUT2D eigenvalue weighted by molar-refractivity contribution is -0.00541. The molecule has 2 aliphatic rings. The van der Waals surface area contributed by atoms with Crippen LogP contribution in [0.2, 0.25) is 0 Å². The minimum Gasteiger partial charge on any atom is -0.481 e. The fraction of sp³-hybridized carbons (Fsp3) is 0.500. The monoisotopic (exact) mass is 421 g/mol. The molecule has 31 heavy (non-hydrogen) atoms. The summed E-state index contributed by atoms with van der Waals surface area (Å²) in [5.41, 5.74) is 2.75. The van der Waals surface area contributed by atoms with E-state index < -0.39 is 0 Å². The van der Waals surface area contributed by atoms with Crippen molar-refractivity contribution in [3.05, 3.63) is 42.4 Å². The molecule has 0 spiro atoms. The number of aryl methyl sites for hydroxylation is 1. The maximum atomic E-state index is 5.90. The van der Waals surface area contributed by atoms with Gasteiger partial charge in [0, 0.05) is 38.7 Å². The van der Waals surface area contributed by atoms with Crippen LogP contribution in [0, 0.1) is 18.8 Å². The summed E-state index contributed by atoms with van der Waals surface area (Å²) in [4.78, 5) is 15.7. The number of fused-ring (bicyclic) bond motifs is 1. The van der Waals surface area contributed by atoms with E-state index in [1.165, 1.54) is 0 Å². The van der Waals surface area contributed by atoms with Gasteiger partial charge in [-0.3, -0.25) is 4.98 Å². The lowest BCUT2D eigenvalue weighted by Gasteiger charge is -2.36. The summed E-state index contributed by atoms with van der Waals surface area (Å²) in [5.74, 6) is 2.38. The first kappa shape index (κ1) is 19.9. The van der Waals surface area contributed by atoms with E-state index in [1.54, 1.807) is 26.5 Å². The van der Waals surface area contributed by atoms with Crippen molar-refractivity contribution in [2.75, 3.05) is 32.2 Å². The molecular weight excluding hydrogens is 394 g/mol. The first-order valence-corrected chi connectivity index (χ1v) is 10.6. The van der Waals surface area contributed by atoms with Crippen LogP contribution in [0.3, 0.4) is 0 Å². The number of pyridine rings is 1. The summed E-state index contributed by atoms with van der Waals surface area (Å²) in [6.07, 6.45) is 7.64. The second kappa shape index (κ2) is 8.22. The molecule has 1 saturated heterocycles. The van der Waals surface area contributed by atoms with Gasteiger partial charge in [0.05, 0.1) is 31.1 Å². The number of hydrogen-bond donors (Lipinski definition) is 0. The van der Waals surface area contributed by atoms with Crippen LogP contribution < -0.4 is 9.64 Å². The minimum absolute atomic E-state index is 0.0907. The fourth-order valence-electron chi connectivity index (χ4n) is 4.86. The van der Waals surface area contributed by atoms with E-state index >= 15 is 0 Å². The van der Waals surface area contributed by atoms with Crippen molar-refractivity contribution in [3.8, 4) is 17.3 Å². The van der Waals surface area contributed by atoms with E-state index in [0.29, 0.717) is 17.7 Å². The molecule has 0 amide bonds. The molecule has 9 heteroatoms. The summed E-state index contributed by atoms with van der Waals surface area (Å²) >= 11 is 0. The molecule has 1 aliphatic heterocycles. The Kier molecular flexibility index (Phi) is 5.27. The molecule has 0 bridgehead atoms. The van der Waals surface area contributed by atoms with Crippen molar-refractivity contribution in [1.82, 2.24) is 29.9 Å². The Bertz CT molecular complexity index is 1040. The molecule has 0 radical (unpaired) electrons. The van der Waals surface area contributed by atoms with Crippen LogP contribution in [0.5, 0.6) is 5.88 Å². The van der Waals surface area contributed by atoms with E-state index in [-0.39, 0.29) is 12.1 Å². The Labute approximate surface area is 181 Å². The molecule has 1 saturated carbocycles. The molecule has 2 fully saturated rings. The van der Waals surface area contributed by atoms with Crippen molar-refractivity contribution in [2.45, 2.75) is 31.9 Å². The van der Waals surface area contributed by atoms with Gasteiger partial charge >= 0.3 is 0 Å². The van der Waals surface area contributed by atoms with Gasteiger partial charge in [0.15, 0.2) is 0 Å². The van der Waals surface area contributed by atoms with Gasteiger partial charge in [-0.2, -0.15) is 4.98 Å². The largest absolute Gasteiger partial charge is 0.481 e. The average Bonchev–Trinajstić information content (AvgIpc) is 3.45. The molecule has 0 aromatic carbocycles. The third kappa shape index (κ3) is 3.85. The van der Waals surface area contributed by atoms with Crippen LogP contribution in [-0.2, 0) is 4.74 Å². The molecule has 3 aromatic rings. The summed E-state index contributed by atoms with van der Waals surface area (Å²) < 4.78 is 13.1. The number of nitrogens with zero attached hydrogens (tertiary/aromatic N) is 7. The highest BCUT2D eigenvalue weighted by atomic mass is 16.5. The zero-order valence-electron chi connectivity index (χ0n) is 18.0. The Morgan fingerprint density at radius 3 is 2.58 bits per heavy atom. The number of anilines is 1. The van der Waals surface area contributed by atoms with E-state index in [4.69, 9.17) is 9.47 Å². The smallest absolute Gasteiger partial charge is 0.228 e. The first-order chi connectivity index (χ1) is 15.1. The number of aromatic nitrogens is 6. The average molecular weight is 422 g/mol. The third-order valence-corrected chi connectivity index (χ3v) is 6.52. The highest BCUT2D eigenvalue weighted by Gasteiger charge is 2.44. The predicted molar refractivity (Wildman–Crippen MR) is 115 cm³/mol. The summed E-state index contributed by atoms with van der Waals surface area (Å²) in [6, 6.07) is 5.94. The molecule has 1 aliphatic carbocycles. The van der Waals surface area contributed by atoms with Gasteiger partial charge in [-0.15, -0.1) is 5.10 Å². The Balaban J connectivity index is 1.34. The quantitative estimate of drug-likeness (QED) is 0.621. The second-order valence-electron chi connectivity index (χ2n) is 8.44. The van der Waals surface area contributed by atoms with Crippen molar-refractivity contribution < 1.29 is 9.47 Å². The van der Waals surface area contributed by atoms with Crippen LogP contribution in [-0.4, -0.2) is 63.4 Å². The van der Waals surface area contributed by atoms with Crippen molar-refractivity contribution >= 4 is 5.95 Å². The lowest BCUT2D eigenvalue weighted by atomic mass is 9.77. The number of methoxy groups -OCH3 is 2. The molecule has 9 nitrogen and oxygen atoms in total. The van der Waals surface area contributed by atoms with E-state index in [0.717, 1.165) is 48.8 Å². The first-order valence-electron chi connectivity index (χ1n) is 10.6. The number of hydrogen-bond acceptors (Lipinski definition) is 8. The predicted octanol–water partition coefficient (Wildman–Crippen LogP) is 2.55. The van der Waals surface area contributed by atoms with Crippen LogP contribution >= 0.6 is 0 Å². The zero-order chi connectivity index (χ0) is 21.4.